The Balaban J connectivity index is 1.61. The van der Waals surface area contributed by atoms with Gasteiger partial charge in [-0.3, -0.25) is 4.79 Å². The molecule has 6 atom stereocenters. The average molecular weight is 316 g/mol. The van der Waals surface area contributed by atoms with E-state index < -0.39 is 0 Å². The molecule has 3 fully saturated rings. The van der Waals surface area contributed by atoms with Crippen molar-refractivity contribution in [2.45, 2.75) is 78.2 Å². The third kappa shape index (κ3) is 2.20. The van der Waals surface area contributed by atoms with Gasteiger partial charge in [-0.15, -0.1) is 0 Å². The van der Waals surface area contributed by atoms with Gasteiger partial charge in [-0.25, -0.2) is 0 Å². The van der Waals surface area contributed by atoms with E-state index in [1.54, 1.807) is 5.57 Å². The van der Waals surface area contributed by atoms with Gasteiger partial charge in [0.05, 0.1) is 6.10 Å². The molecule has 0 heterocycles. The molecule has 0 saturated heterocycles. The topological polar surface area (TPSA) is 26.3 Å². The summed E-state index contributed by atoms with van der Waals surface area (Å²) in [4.78, 5) is 12.5. The van der Waals surface area contributed by atoms with E-state index in [0.29, 0.717) is 23.2 Å². The van der Waals surface area contributed by atoms with E-state index in [-0.39, 0.29) is 5.41 Å². The molecule has 0 aromatic heterocycles. The molecule has 0 bridgehead atoms. The van der Waals surface area contributed by atoms with Crippen LogP contribution in [0.5, 0.6) is 0 Å². The van der Waals surface area contributed by atoms with Crippen LogP contribution in [0.25, 0.3) is 0 Å². The Bertz CT molecular complexity index is 536. The molecule has 0 aromatic rings. The maximum Gasteiger partial charge on any atom is 0.139 e. The van der Waals surface area contributed by atoms with Crippen LogP contribution in [0.1, 0.15) is 72.1 Å². The molecule has 4 aliphatic rings. The molecule has 4 aliphatic carbocycles. The smallest absolute Gasteiger partial charge is 0.139 e. The Labute approximate surface area is 141 Å². The number of allylic oxidation sites excluding steroid dienone is 1. The predicted molar refractivity (Wildman–Crippen MR) is 92.1 cm³/mol. The quantitative estimate of drug-likeness (QED) is 0.676. The lowest BCUT2D eigenvalue weighted by Crippen LogP contribution is -2.50. The minimum absolute atomic E-state index is 0.00535. The molecule has 23 heavy (non-hydrogen) atoms. The Hall–Kier alpha value is -0.630. The van der Waals surface area contributed by atoms with Crippen molar-refractivity contribution in [1.82, 2.24) is 0 Å². The number of rotatable bonds is 2. The summed E-state index contributed by atoms with van der Waals surface area (Å²) < 4.78 is 5.93. The summed E-state index contributed by atoms with van der Waals surface area (Å²) in [5.41, 5.74) is 2.06. The van der Waals surface area contributed by atoms with Gasteiger partial charge >= 0.3 is 0 Å². The van der Waals surface area contributed by atoms with Crippen molar-refractivity contribution in [3.05, 3.63) is 11.6 Å². The SMILES string of the molecule is CCOC1CC[C@@]2(C)C(=CCC3C2CC[C@]2(C)C(=O)CCC32)C1. The van der Waals surface area contributed by atoms with Gasteiger partial charge in [-0.2, -0.15) is 0 Å². The zero-order valence-corrected chi connectivity index (χ0v) is 15.1. The van der Waals surface area contributed by atoms with Gasteiger partial charge in [0, 0.05) is 18.4 Å². The third-order valence-electron chi connectivity index (χ3n) is 8.17. The van der Waals surface area contributed by atoms with Gasteiger partial charge in [0.2, 0.25) is 0 Å². The fourth-order valence-corrected chi connectivity index (χ4v) is 6.78. The Kier molecular flexibility index (Phi) is 3.75. The fourth-order valence-electron chi connectivity index (χ4n) is 6.78. The zero-order chi connectivity index (χ0) is 16.2. The maximum atomic E-state index is 12.5. The molecule has 4 rings (SSSR count). The fraction of sp³-hybridized carbons (Fsp3) is 0.857. The van der Waals surface area contributed by atoms with Gasteiger partial charge in [-0.1, -0.05) is 25.5 Å². The van der Waals surface area contributed by atoms with E-state index in [0.717, 1.165) is 44.1 Å². The van der Waals surface area contributed by atoms with Crippen molar-refractivity contribution in [2.24, 2.45) is 28.6 Å². The van der Waals surface area contributed by atoms with Gasteiger partial charge in [-0.05, 0) is 75.0 Å². The van der Waals surface area contributed by atoms with Crippen molar-refractivity contribution in [1.29, 1.82) is 0 Å². The Morgan fingerprint density at radius 1 is 1.13 bits per heavy atom. The van der Waals surface area contributed by atoms with Crippen LogP contribution in [0, 0.1) is 28.6 Å². The van der Waals surface area contributed by atoms with Crippen LogP contribution in [-0.4, -0.2) is 18.5 Å². The summed E-state index contributed by atoms with van der Waals surface area (Å²) in [5.74, 6) is 2.75. The molecule has 0 aliphatic heterocycles. The lowest BCUT2D eigenvalue weighted by atomic mass is 9.48. The number of fused-ring (bicyclic) bond motifs is 5. The number of carbonyl (C=O) groups excluding carboxylic acids is 1. The molecule has 128 valence electrons. The van der Waals surface area contributed by atoms with E-state index in [1.807, 2.05) is 0 Å². The molecule has 0 amide bonds. The van der Waals surface area contributed by atoms with E-state index in [1.165, 1.54) is 25.7 Å². The molecule has 0 radical (unpaired) electrons. The second-order valence-electron chi connectivity index (χ2n) is 9.00. The van der Waals surface area contributed by atoms with Crippen molar-refractivity contribution in [2.75, 3.05) is 6.61 Å². The summed E-state index contributed by atoms with van der Waals surface area (Å²) in [6.45, 7) is 7.75. The summed E-state index contributed by atoms with van der Waals surface area (Å²) >= 11 is 0. The molecular formula is C21H32O2. The number of ether oxygens (including phenoxy) is 1. The maximum absolute atomic E-state index is 12.5. The first-order chi connectivity index (χ1) is 11.0. The van der Waals surface area contributed by atoms with E-state index in [9.17, 15) is 4.79 Å². The van der Waals surface area contributed by atoms with Gasteiger partial charge < -0.3 is 4.74 Å². The molecular weight excluding hydrogens is 284 g/mol. The Morgan fingerprint density at radius 2 is 1.87 bits per heavy atom. The molecule has 2 heteroatoms. The summed E-state index contributed by atoms with van der Waals surface area (Å²) in [6, 6.07) is 0. The van der Waals surface area contributed by atoms with E-state index in [4.69, 9.17) is 4.74 Å². The predicted octanol–water partition coefficient (Wildman–Crippen LogP) is 4.92. The number of Topliss-reactive ketones (excluding diaryl/α,β-unsaturated/α-hetero) is 1. The molecule has 0 N–H and O–H groups in total. The number of hydrogen-bond acceptors (Lipinski definition) is 2. The molecule has 0 aromatic carbocycles. The first kappa shape index (κ1) is 15.9. The van der Waals surface area contributed by atoms with Gasteiger partial charge in [0.1, 0.15) is 5.78 Å². The van der Waals surface area contributed by atoms with Crippen LogP contribution >= 0.6 is 0 Å². The normalized spacial score (nSPS) is 49.2. The largest absolute Gasteiger partial charge is 0.378 e. The van der Waals surface area contributed by atoms with Crippen LogP contribution in [0.4, 0.5) is 0 Å². The monoisotopic (exact) mass is 316 g/mol. The number of hydrogen-bond donors (Lipinski definition) is 0. The van der Waals surface area contributed by atoms with Gasteiger partial charge in [0.25, 0.3) is 0 Å². The zero-order valence-electron chi connectivity index (χ0n) is 15.1. The Morgan fingerprint density at radius 3 is 2.65 bits per heavy atom. The lowest BCUT2D eigenvalue weighted by Gasteiger charge is -2.57. The van der Waals surface area contributed by atoms with Crippen molar-refractivity contribution < 1.29 is 9.53 Å². The average Bonchev–Trinajstić information content (AvgIpc) is 2.84. The molecule has 0 spiro atoms. The summed E-state index contributed by atoms with van der Waals surface area (Å²) in [7, 11) is 0. The third-order valence-corrected chi connectivity index (χ3v) is 8.17. The molecule has 4 unspecified atom stereocenters. The van der Waals surface area contributed by atoms with Crippen LogP contribution in [0.2, 0.25) is 0 Å². The second-order valence-corrected chi connectivity index (χ2v) is 9.00. The van der Waals surface area contributed by atoms with Crippen molar-refractivity contribution in [3.8, 4) is 0 Å². The minimum atomic E-state index is 0.00535. The highest BCUT2D eigenvalue weighted by Gasteiger charge is 2.58. The van der Waals surface area contributed by atoms with Crippen LogP contribution in [-0.2, 0) is 9.53 Å². The highest BCUT2D eigenvalue weighted by molar-refractivity contribution is 5.87. The van der Waals surface area contributed by atoms with E-state index in [2.05, 4.69) is 26.8 Å². The first-order valence-electron chi connectivity index (χ1n) is 9.83. The highest BCUT2D eigenvalue weighted by atomic mass is 16.5. The number of ketones is 1. The van der Waals surface area contributed by atoms with Crippen molar-refractivity contribution >= 4 is 5.78 Å². The van der Waals surface area contributed by atoms with Crippen LogP contribution in [0.3, 0.4) is 0 Å². The van der Waals surface area contributed by atoms with Crippen LogP contribution in [0.15, 0.2) is 11.6 Å². The van der Waals surface area contributed by atoms with Crippen LogP contribution < -0.4 is 0 Å². The summed E-state index contributed by atoms with van der Waals surface area (Å²) in [6.07, 6.45) is 12.2. The summed E-state index contributed by atoms with van der Waals surface area (Å²) in [5, 5.41) is 0. The second kappa shape index (κ2) is 5.44. The first-order valence-corrected chi connectivity index (χ1v) is 9.83. The van der Waals surface area contributed by atoms with Gasteiger partial charge in [0.15, 0.2) is 0 Å². The lowest BCUT2D eigenvalue weighted by molar-refractivity contribution is -0.132. The number of carbonyl (C=O) groups is 1. The molecule has 3 saturated carbocycles. The highest BCUT2D eigenvalue weighted by Crippen LogP contribution is 2.64. The van der Waals surface area contributed by atoms with Crippen molar-refractivity contribution in [3.63, 3.8) is 0 Å². The standard InChI is InChI=1S/C21H32O2/c1-4-23-15-9-11-20(2)14(13-15)5-6-16-17-7-8-19(22)21(17,3)12-10-18(16)20/h5,15-18H,4,6-13H2,1-3H3/t15?,16?,17?,18?,20-,21-/m0/s1. The minimum Gasteiger partial charge on any atom is -0.378 e. The molecule has 2 nitrogen and oxygen atoms in total. The van der Waals surface area contributed by atoms with E-state index >= 15 is 0 Å².